The Balaban J connectivity index is 1.50. The maximum absolute atomic E-state index is 12.4. The third kappa shape index (κ3) is 2.83. The number of fused-ring (bicyclic) bond motifs is 2. The van der Waals surface area contributed by atoms with E-state index >= 15 is 0 Å². The lowest BCUT2D eigenvalue weighted by atomic mass is 9.89. The quantitative estimate of drug-likeness (QED) is 0.715. The highest BCUT2D eigenvalue weighted by molar-refractivity contribution is 6.01. The normalized spacial score (nSPS) is 16.4. The topological polar surface area (TPSA) is 36.1 Å². The van der Waals surface area contributed by atoms with Crippen LogP contribution in [0.3, 0.4) is 0 Å². The average Bonchev–Trinajstić information content (AvgIpc) is 3.23. The maximum atomic E-state index is 12.4. The van der Waals surface area contributed by atoms with Crippen molar-refractivity contribution in [3.63, 3.8) is 0 Å². The first-order valence-corrected chi connectivity index (χ1v) is 9.83. The van der Waals surface area contributed by atoms with Gasteiger partial charge in [0.1, 0.15) is 0 Å². The van der Waals surface area contributed by atoms with Crippen LogP contribution in [0.5, 0.6) is 0 Å². The van der Waals surface area contributed by atoms with Crippen molar-refractivity contribution in [1.82, 2.24) is 9.88 Å². The summed E-state index contributed by atoms with van der Waals surface area (Å²) in [5.41, 5.74) is 9.79. The molecule has 3 aromatic rings. The smallest absolute Gasteiger partial charge is 0.164 e. The zero-order chi connectivity index (χ0) is 18.4. The van der Waals surface area contributed by atoms with Crippen molar-refractivity contribution < 1.29 is 4.79 Å². The van der Waals surface area contributed by atoms with E-state index in [1.54, 1.807) is 0 Å². The lowest BCUT2D eigenvalue weighted by molar-refractivity contribution is 0.0972. The predicted molar refractivity (Wildman–Crippen MR) is 108 cm³/mol. The van der Waals surface area contributed by atoms with Crippen LogP contribution in [0.2, 0.25) is 0 Å². The van der Waals surface area contributed by atoms with Crippen LogP contribution in [-0.4, -0.2) is 15.7 Å². The van der Waals surface area contributed by atoms with Gasteiger partial charge in [-0.1, -0.05) is 48.5 Å². The number of aromatic amines is 1. The fraction of sp³-hybridized carbons (Fsp3) is 0.292. The third-order valence-corrected chi connectivity index (χ3v) is 5.99. The minimum atomic E-state index is 0.295. The first kappa shape index (κ1) is 16.5. The van der Waals surface area contributed by atoms with Gasteiger partial charge in [-0.25, -0.2) is 0 Å². The first-order chi connectivity index (χ1) is 13.2. The number of nitrogens with zero attached hydrogens (tertiary/aromatic N) is 1. The van der Waals surface area contributed by atoms with Gasteiger partial charge in [0.25, 0.3) is 0 Å². The van der Waals surface area contributed by atoms with Crippen molar-refractivity contribution in [2.24, 2.45) is 0 Å². The molecule has 1 aliphatic carbocycles. The molecule has 1 N–H and O–H groups in total. The number of hydrogen-bond acceptors (Lipinski definition) is 2. The Labute approximate surface area is 160 Å². The molecule has 0 radical (unpaired) electrons. The molecule has 136 valence electrons. The highest BCUT2D eigenvalue weighted by Crippen LogP contribution is 2.36. The number of carbonyl (C=O) groups excluding carboxylic acids is 1. The van der Waals surface area contributed by atoms with Gasteiger partial charge in [0, 0.05) is 48.6 Å². The zero-order valence-corrected chi connectivity index (χ0v) is 15.7. The van der Waals surface area contributed by atoms with Crippen LogP contribution in [0.15, 0.2) is 48.5 Å². The number of aromatic nitrogens is 1. The van der Waals surface area contributed by atoms with Gasteiger partial charge in [0.2, 0.25) is 0 Å². The number of H-pyrrole nitrogens is 1. The third-order valence-electron chi connectivity index (χ3n) is 5.99. The van der Waals surface area contributed by atoms with E-state index in [1.165, 1.54) is 27.8 Å². The van der Waals surface area contributed by atoms with Crippen LogP contribution in [-0.2, 0) is 26.1 Å². The van der Waals surface area contributed by atoms with E-state index in [9.17, 15) is 4.79 Å². The van der Waals surface area contributed by atoms with Gasteiger partial charge in [-0.05, 0) is 42.0 Å². The number of hydrogen-bond donors (Lipinski definition) is 1. The van der Waals surface area contributed by atoms with Crippen molar-refractivity contribution in [3.8, 4) is 11.3 Å². The Bertz CT molecular complexity index is 1010. The second-order valence-corrected chi connectivity index (χ2v) is 7.83. The number of rotatable bonds is 3. The van der Waals surface area contributed by atoms with Gasteiger partial charge in [0.15, 0.2) is 5.78 Å². The molecule has 0 spiro atoms. The molecule has 5 rings (SSSR count). The molecule has 2 heterocycles. The second-order valence-electron chi connectivity index (χ2n) is 7.83. The summed E-state index contributed by atoms with van der Waals surface area (Å²) in [4.78, 5) is 18.5. The van der Waals surface area contributed by atoms with Crippen LogP contribution >= 0.6 is 0 Å². The van der Waals surface area contributed by atoms with Gasteiger partial charge >= 0.3 is 0 Å². The van der Waals surface area contributed by atoms with E-state index < -0.39 is 0 Å². The summed E-state index contributed by atoms with van der Waals surface area (Å²) in [6.07, 6.45) is 2.63. The number of carbonyl (C=O) groups is 1. The van der Waals surface area contributed by atoms with E-state index in [4.69, 9.17) is 0 Å². The Hall–Kier alpha value is -2.65. The second kappa shape index (κ2) is 6.50. The van der Waals surface area contributed by atoms with Crippen molar-refractivity contribution in [2.75, 3.05) is 0 Å². The molecule has 3 heteroatoms. The molecule has 0 saturated carbocycles. The minimum absolute atomic E-state index is 0.295. The monoisotopic (exact) mass is 356 g/mol. The molecular weight excluding hydrogens is 332 g/mol. The Morgan fingerprint density at radius 2 is 1.67 bits per heavy atom. The molecule has 1 aromatic heterocycles. The summed E-state index contributed by atoms with van der Waals surface area (Å²) in [7, 11) is 0. The summed E-state index contributed by atoms with van der Waals surface area (Å²) in [6, 6.07) is 17.4. The first-order valence-electron chi connectivity index (χ1n) is 9.83. The minimum Gasteiger partial charge on any atom is -0.358 e. The van der Waals surface area contributed by atoms with E-state index in [2.05, 4.69) is 58.4 Å². The highest BCUT2D eigenvalue weighted by atomic mass is 16.1. The van der Waals surface area contributed by atoms with E-state index in [-0.39, 0.29) is 0 Å². The molecule has 0 fully saturated rings. The largest absolute Gasteiger partial charge is 0.358 e. The summed E-state index contributed by atoms with van der Waals surface area (Å²) < 4.78 is 0. The fourth-order valence-corrected chi connectivity index (χ4v) is 4.74. The van der Waals surface area contributed by atoms with E-state index in [1.807, 2.05) is 6.92 Å². The van der Waals surface area contributed by atoms with Gasteiger partial charge in [0.05, 0.1) is 0 Å². The van der Waals surface area contributed by atoms with E-state index in [0.29, 0.717) is 12.2 Å². The van der Waals surface area contributed by atoms with Gasteiger partial charge in [-0.15, -0.1) is 0 Å². The predicted octanol–water partition coefficient (Wildman–Crippen LogP) is 5.02. The van der Waals surface area contributed by atoms with Gasteiger partial charge in [-0.2, -0.15) is 0 Å². The summed E-state index contributed by atoms with van der Waals surface area (Å²) in [6.45, 7) is 4.96. The van der Waals surface area contributed by atoms with Gasteiger partial charge in [-0.3, -0.25) is 9.69 Å². The molecule has 27 heavy (non-hydrogen) atoms. The lowest BCUT2D eigenvalue weighted by Gasteiger charge is -2.19. The molecule has 0 atom stereocenters. The van der Waals surface area contributed by atoms with Crippen LogP contribution in [0, 0.1) is 6.92 Å². The molecule has 3 nitrogen and oxygen atoms in total. The van der Waals surface area contributed by atoms with Gasteiger partial charge < -0.3 is 4.98 Å². The van der Waals surface area contributed by atoms with Crippen LogP contribution in [0.4, 0.5) is 0 Å². The number of ketones is 1. The van der Waals surface area contributed by atoms with Crippen LogP contribution < -0.4 is 0 Å². The molecule has 1 aliphatic heterocycles. The number of nitrogens with one attached hydrogen (secondary N) is 1. The number of Topliss-reactive ketones (excluding diaryl/α,β-unsaturated/α-hetero) is 1. The van der Waals surface area contributed by atoms with E-state index in [0.717, 1.165) is 49.4 Å². The Morgan fingerprint density at radius 1 is 0.963 bits per heavy atom. The summed E-state index contributed by atoms with van der Waals surface area (Å²) in [5, 5.41) is 0. The zero-order valence-electron chi connectivity index (χ0n) is 15.7. The maximum Gasteiger partial charge on any atom is 0.164 e. The van der Waals surface area contributed by atoms with Crippen LogP contribution in [0.25, 0.3) is 11.3 Å². The highest BCUT2D eigenvalue weighted by Gasteiger charge is 2.26. The lowest BCUT2D eigenvalue weighted by Crippen LogP contribution is -2.16. The molecule has 2 aromatic carbocycles. The fourth-order valence-electron chi connectivity index (χ4n) is 4.74. The van der Waals surface area contributed by atoms with Crippen LogP contribution in [0.1, 0.15) is 51.1 Å². The van der Waals surface area contributed by atoms with Crippen molar-refractivity contribution in [2.45, 2.75) is 45.8 Å². The summed E-state index contributed by atoms with van der Waals surface area (Å²) >= 11 is 0. The molecule has 0 saturated heterocycles. The SMILES string of the molecule is Cc1[nH]c(-c2ccccc2CN2Cc3ccccc3C2)c2c1C(=O)CCC2. The molecule has 0 unspecified atom stereocenters. The molecule has 0 bridgehead atoms. The van der Waals surface area contributed by atoms with Crippen molar-refractivity contribution >= 4 is 5.78 Å². The summed E-state index contributed by atoms with van der Waals surface area (Å²) in [5.74, 6) is 0.295. The molecule has 2 aliphatic rings. The van der Waals surface area contributed by atoms with Crippen molar-refractivity contribution in [3.05, 3.63) is 82.0 Å². The number of benzene rings is 2. The Kier molecular flexibility index (Phi) is 3.98. The Morgan fingerprint density at radius 3 is 2.44 bits per heavy atom. The molecule has 0 amide bonds. The standard InChI is InChI=1S/C24H24N2O/c1-16-23-21(11-6-12-22(23)27)24(25-16)20-10-5-4-9-19(20)15-26-13-17-7-2-3-8-18(17)14-26/h2-5,7-10,25H,6,11-15H2,1H3. The molecular formula is C24H24N2O. The number of aryl methyl sites for hydroxylation is 1. The average molecular weight is 356 g/mol. The van der Waals surface area contributed by atoms with Crippen molar-refractivity contribution in [1.29, 1.82) is 0 Å².